The van der Waals surface area contributed by atoms with Gasteiger partial charge in [0.15, 0.2) is 0 Å². The first-order chi connectivity index (χ1) is 11.5. The number of rotatable bonds is 6. The van der Waals surface area contributed by atoms with E-state index in [-0.39, 0.29) is 23.7 Å². The lowest BCUT2D eigenvalue weighted by molar-refractivity contribution is -0.147. The molecule has 0 saturated heterocycles. The van der Waals surface area contributed by atoms with Gasteiger partial charge >= 0.3 is 5.97 Å². The highest BCUT2D eigenvalue weighted by Gasteiger charge is 2.31. The van der Waals surface area contributed by atoms with Gasteiger partial charge in [0.05, 0.1) is 10.3 Å². The molecule has 8 nitrogen and oxygen atoms in total. The Kier molecular flexibility index (Phi) is 5.17. The summed E-state index contributed by atoms with van der Waals surface area (Å²) in [6.45, 7) is 4.89. The molecule has 0 radical (unpaired) electrons. The standard InChI is InChI=1S/C16H21N3O5S/c1-10(14(20)17-9-8-16(2,3)15(21)22)18-13-11-6-4-5-7-12(11)25(23,24)19-13/h4-7,10H,8-9H2,1-3H3,(H,17,20)(H,18,19)(H,21,22). The quantitative estimate of drug-likeness (QED) is 0.683. The zero-order valence-electron chi connectivity index (χ0n) is 14.2. The molecule has 0 saturated carbocycles. The van der Waals surface area contributed by atoms with Gasteiger partial charge in [-0.15, -0.1) is 0 Å². The molecule has 9 heteroatoms. The van der Waals surface area contributed by atoms with E-state index in [0.29, 0.717) is 5.56 Å². The van der Waals surface area contributed by atoms with E-state index in [1.165, 1.54) is 6.07 Å². The van der Waals surface area contributed by atoms with E-state index >= 15 is 0 Å². The summed E-state index contributed by atoms with van der Waals surface area (Å²) in [6, 6.07) is 5.57. The first-order valence-electron chi connectivity index (χ1n) is 7.76. The molecule has 1 atom stereocenters. The van der Waals surface area contributed by atoms with Crippen molar-refractivity contribution in [3.63, 3.8) is 0 Å². The number of benzene rings is 1. The van der Waals surface area contributed by atoms with E-state index in [1.54, 1.807) is 39.0 Å². The third-order valence-electron chi connectivity index (χ3n) is 3.99. The Bertz CT molecular complexity index is 830. The molecule has 1 aromatic rings. The average molecular weight is 367 g/mol. The van der Waals surface area contributed by atoms with Crippen LogP contribution < -0.4 is 10.0 Å². The summed E-state index contributed by atoms with van der Waals surface area (Å²) in [4.78, 5) is 27.4. The molecule has 25 heavy (non-hydrogen) atoms. The number of carbonyl (C=O) groups excluding carboxylic acids is 1. The van der Waals surface area contributed by atoms with Crippen LogP contribution in [0.4, 0.5) is 0 Å². The molecule has 0 bridgehead atoms. The first-order valence-corrected chi connectivity index (χ1v) is 9.24. The second-order valence-corrected chi connectivity index (χ2v) is 8.14. The van der Waals surface area contributed by atoms with Crippen molar-refractivity contribution in [1.82, 2.24) is 10.0 Å². The zero-order valence-corrected chi connectivity index (χ0v) is 15.1. The van der Waals surface area contributed by atoms with Crippen molar-refractivity contribution in [2.45, 2.75) is 38.1 Å². The van der Waals surface area contributed by atoms with E-state index in [9.17, 15) is 18.0 Å². The Morgan fingerprint density at radius 1 is 1.32 bits per heavy atom. The van der Waals surface area contributed by atoms with E-state index in [4.69, 9.17) is 5.11 Å². The fraction of sp³-hybridized carbons (Fsp3) is 0.438. The Balaban J connectivity index is 2.05. The molecule has 1 aliphatic heterocycles. The average Bonchev–Trinajstić information content (AvgIpc) is 2.78. The maximum absolute atomic E-state index is 12.1. The van der Waals surface area contributed by atoms with Gasteiger partial charge in [-0.1, -0.05) is 12.1 Å². The minimum Gasteiger partial charge on any atom is -0.481 e. The zero-order chi connectivity index (χ0) is 18.8. The van der Waals surface area contributed by atoms with Crippen LogP contribution in [0.2, 0.25) is 0 Å². The minimum absolute atomic E-state index is 0.129. The monoisotopic (exact) mass is 367 g/mol. The fourth-order valence-electron chi connectivity index (χ4n) is 2.23. The molecule has 136 valence electrons. The van der Waals surface area contributed by atoms with Gasteiger partial charge in [0.25, 0.3) is 10.0 Å². The van der Waals surface area contributed by atoms with Gasteiger partial charge < -0.3 is 10.4 Å². The predicted octanol–water partition coefficient (Wildman–Crippen LogP) is 0.731. The van der Waals surface area contributed by atoms with Gasteiger partial charge in [0.2, 0.25) is 5.91 Å². The maximum atomic E-state index is 12.1. The van der Waals surface area contributed by atoms with Gasteiger partial charge in [-0.3, -0.25) is 19.3 Å². The third-order valence-corrected chi connectivity index (χ3v) is 5.39. The van der Waals surface area contributed by atoms with Gasteiger partial charge in [0.1, 0.15) is 11.9 Å². The summed E-state index contributed by atoms with van der Waals surface area (Å²) in [6.07, 6.45) is 0.271. The van der Waals surface area contributed by atoms with Crippen LogP contribution in [0.15, 0.2) is 34.2 Å². The smallest absolute Gasteiger partial charge is 0.309 e. The molecule has 2 rings (SSSR count). The van der Waals surface area contributed by atoms with Crippen molar-refractivity contribution >= 4 is 27.7 Å². The second kappa shape index (κ2) is 6.83. The normalized spacial score (nSPS) is 18.3. The molecule has 1 heterocycles. The number of amides is 1. The van der Waals surface area contributed by atoms with Crippen LogP contribution in [0.25, 0.3) is 0 Å². The Morgan fingerprint density at radius 3 is 2.60 bits per heavy atom. The number of hydrogen-bond acceptors (Lipinski definition) is 5. The number of carboxylic acid groups (broad SMARTS) is 1. The number of sulfonamides is 1. The number of aliphatic carboxylic acids is 1. The van der Waals surface area contributed by atoms with Crippen LogP contribution >= 0.6 is 0 Å². The van der Waals surface area contributed by atoms with Crippen LogP contribution in [0.5, 0.6) is 0 Å². The van der Waals surface area contributed by atoms with Crippen LogP contribution in [-0.4, -0.2) is 43.8 Å². The van der Waals surface area contributed by atoms with Crippen molar-refractivity contribution in [2.75, 3.05) is 6.54 Å². The number of aliphatic imine (C=N–C) groups is 1. The van der Waals surface area contributed by atoms with Crippen molar-refractivity contribution in [3.8, 4) is 0 Å². The van der Waals surface area contributed by atoms with Gasteiger partial charge in [-0.2, -0.15) is 0 Å². The van der Waals surface area contributed by atoms with Crippen molar-refractivity contribution in [2.24, 2.45) is 10.4 Å². The molecule has 0 aliphatic carbocycles. The maximum Gasteiger partial charge on any atom is 0.309 e. The number of nitrogens with zero attached hydrogens (tertiary/aromatic N) is 1. The van der Waals surface area contributed by atoms with Gasteiger partial charge in [-0.05, 0) is 39.3 Å². The third kappa shape index (κ3) is 4.16. The van der Waals surface area contributed by atoms with Crippen LogP contribution in [0.1, 0.15) is 32.8 Å². The summed E-state index contributed by atoms with van der Waals surface area (Å²) < 4.78 is 26.4. The lowest BCUT2D eigenvalue weighted by Crippen LogP contribution is -2.37. The second-order valence-electron chi connectivity index (χ2n) is 6.49. The van der Waals surface area contributed by atoms with E-state index in [2.05, 4.69) is 15.0 Å². The molecule has 1 aromatic carbocycles. The number of carbonyl (C=O) groups is 2. The Hall–Kier alpha value is -2.42. The lowest BCUT2D eigenvalue weighted by atomic mass is 9.90. The Morgan fingerprint density at radius 2 is 1.96 bits per heavy atom. The van der Waals surface area contributed by atoms with Crippen molar-refractivity contribution < 1.29 is 23.1 Å². The summed E-state index contributed by atoms with van der Waals surface area (Å²) in [5.74, 6) is -1.21. The molecule has 0 spiro atoms. The number of fused-ring (bicyclic) bond motifs is 1. The highest BCUT2D eigenvalue weighted by atomic mass is 32.2. The van der Waals surface area contributed by atoms with E-state index < -0.39 is 33.4 Å². The van der Waals surface area contributed by atoms with Gasteiger partial charge in [-0.25, -0.2) is 8.42 Å². The summed E-state index contributed by atoms with van der Waals surface area (Å²) >= 11 is 0. The van der Waals surface area contributed by atoms with Crippen LogP contribution in [-0.2, 0) is 19.6 Å². The number of carboxylic acids is 1. The minimum atomic E-state index is -3.65. The van der Waals surface area contributed by atoms with Crippen LogP contribution in [0, 0.1) is 5.41 Å². The van der Waals surface area contributed by atoms with E-state index in [0.717, 1.165) is 0 Å². The number of hydrogen-bond donors (Lipinski definition) is 3. The molecule has 0 aromatic heterocycles. The van der Waals surface area contributed by atoms with E-state index in [1.807, 2.05) is 0 Å². The topological polar surface area (TPSA) is 125 Å². The first kappa shape index (κ1) is 18.9. The predicted molar refractivity (Wildman–Crippen MR) is 91.8 cm³/mol. The summed E-state index contributed by atoms with van der Waals surface area (Å²) in [5, 5.41) is 11.7. The fourth-order valence-corrected chi connectivity index (χ4v) is 3.47. The highest BCUT2D eigenvalue weighted by molar-refractivity contribution is 7.90. The number of nitrogens with one attached hydrogen (secondary N) is 2. The summed E-state index contributed by atoms with van der Waals surface area (Å²) in [5.41, 5.74) is -0.517. The highest BCUT2D eigenvalue weighted by Crippen LogP contribution is 2.22. The Labute approximate surface area is 146 Å². The molecule has 3 N–H and O–H groups in total. The molecule has 1 aliphatic rings. The van der Waals surface area contributed by atoms with Crippen LogP contribution in [0.3, 0.4) is 0 Å². The molecular formula is C16H21N3O5S. The lowest BCUT2D eigenvalue weighted by Gasteiger charge is -2.19. The van der Waals surface area contributed by atoms with Gasteiger partial charge in [0, 0.05) is 12.1 Å². The van der Waals surface area contributed by atoms with Crippen molar-refractivity contribution in [3.05, 3.63) is 29.8 Å². The summed E-state index contributed by atoms with van der Waals surface area (Å²) in [7, 11) is -3.65. The molecule has 1 unspecified atom stereocenters. The number of amidine groups is 1. The molecular weight excluding hydrogens is 346 g/mol. The largest absolute Gasteiger partial charge is 0.481 e. The van der Waals surface area contributed by atoms with Crippen molar-refractivity contribution in [1.29, 1.82) is 0 Å². The molecule has 0 fully saturated rings. The SMILES string of the molecule is CC(N=C1NS(=O)(=O)c2ccccc21)C(=O)NCCC(C)(C)C(=O)O. The molecule has 1 amide bonds.